The van der Waals surface area contributed by atoms with Crippen molar-refractivity contribution in [3.63, 3.8) is 0 Å². The molecule has 1 aromatic heterocycles. The molecule has 1 aliphatic rings. The molecule has 29 heavy (non-hydrogen) atoms. The summed E-state index contributed by atoms with van der Waals surface area (Å²) in [5, 5.41) is 14.4. The number of carbonyl (C=O) groups is 2. The van der Waals surface area contributed by atoms with E-state index >= 15 is 0 Å². The fourth-order valence-electron chi connectivity index (χ4n) is 3.04. The van der Waals surface area contributed by atoms with E-state index in [1.807, 2.05) is 54.6 Å². The largest absolute Gasteiger partial charge is 0.352 e. The Morgan fingerprint density at radius 1 is 1.03 bits per heavy atom. The lowest BCUT2D eigenvalue weighted by Gasteiger charge is -2.16. The van der Waals surface area contributed by atoms with Gasteiger partial charge in [0.2, 0.25) is 11.8 Å². The third-order valence-corrected chi connectivity index (χ3v) is 5.75. The summed E-state index contributed by atoms with van der Waals surface area (Å²) in [7, 11) is 1.65. The second-order valence-electron chi connectivity index (χ2n) is 7.15. The average Bonchev–Trinajstić information content (AvgIpc) is 3.56. The van der Waals surface area contributed by atoms with Crippen molar-refractivity contribution in [3.8, 4) is 11.3 Å². The number of aromatic nitrogens is 2. The van der Waals surface area contributed by atoms with Crippen molar-refractivity contribution >= 4 is 34.3 Å². The lowest BCUT2D eigenvalue weighted by atomic mass is 10.1. The molecule has 2 amide bonds. The molecule has 2 aromatic carbocycles. The van der Waals surface area contributed by atoms with E-state index in [1.54, 1.807) is 7.05 Å². The molecule has 3 aromatic rings. The Bertz CT molecular complexity index is 1040. The van der Waals surface area contributed by atoms with Crippen LogP contribution >= 0.6 is 11.8 Å². The number of benzene rings is 2. The molecule has 0 radical (unpaired) electrons. The summed E-state index contributed by atoms with van der Waals surface area (Å²) >= 11 is 1.35. The van der Waals surface area contributed by atoms with E-state index in [0.717, 1.165) is 34.9 Å². The maximum absolute atomic E-state index is 12.5. The Kier molecular flexibility index (Phi) is 5.76. The summed E-state index contributed by atoms with van der Waals surface area (Å²) in [6.45, 7) is 0.0786. The van der Waals surface area contributed by atoms with Gasteiger partial charge in [-0.15, -0.1) is 10.2 Å². The van der Waals surface area contributed by atoms with Crippen molar-refractivity contribution in [3.05, 3.63) is 54.6 Å². The van der Waals surface area contributed by atoms with Crippen LogP contribution in [0.3, 0.4) is 0 Å². The van der Waals surface area contributed by atoms with E-state index in [0.29, 0.717) is 11.1 Å². The Hall–Kier alpha value is -2.93. The Morgan fingerprint density at radius 2 is 1.72 bits per heavy atom. The molecule has 7 heteroatoms. The number of fused-ring (bicyclic) bond motifs is 1. The molecule has 0 aliphatic heterocycles. The van der Waals surface area contributed by atoms with Gasteiger partial charge in [-0.25, -0.2) is 0 Å². The number of thioether (sulfide) groups is 1. The van der Waals surface area contributed by atoms with E-state index in [-0.39, 0.29) is 24.1 Å². The molecule has 6 nitrogen and oxygen atoms in total. The Labute approximate surface area is 173 Å². The maximum Gasteiger partial charge on any atom is 0.239 e. The second kappa shape index (κ2) is 8.61. The van der Waals surface area contributed by atoms with Gasteiger partial charge in [0.1, 0.15) is 10.7 Å². The van der Waals surface area contributed by atoms with Crippen LogP contribution in [-0.4, -0.2) is 52.3 Å². The summed E-state index contributed by atoms with van der Waals surface area (Å²) in [6.07, 6.45) is 2.06. The van der Waals surface area contributed by atoms with E-state index < -0.39 is 0 Å². The van der Waals surface area contributed by atoms with Crippen LogP contribution in [0.15, 0.2) is 59.6 Å². The monoisotopic (exact) mass is 406 g/mol. The number of rotatable bonds is 7. The summed E-state index contributed by atoms with van der Waals surface area (Å²) < 4.78 is 0. The number of carbonyl (C=O) groups excluding carboxylic acids is 2. The van der Waals surface area contributed by atoms with Crippen LogP contribution in [0.4, 0.5) is 0 Å². The quantitative estimate of drug-likeness (QED) is 0.610. The number of hydrogen-bond acceptors (Lipinski definition) is 5. The number of nitrogens with zero attached hydrogens (tertiary/aromatic N) is 3. The van der Waals surface area contributed by atoms with Gasteiger partial charge in [0.05, 0.1) is 12.3 Å². The second-order valence-corrected chi connectivity index (χ2v) is 8.11. The van der Waals surface area contributed by atoms with Crippen LogP contribution < -0.4 is 5.32 Å². The molecule has 0 unspecified atom stereocenters. The summed E-state index contributed by atoms with van der Waals surface area (Å²) in [6, 6.07) is 18.2. The highest BCUT2D eigenvalue weighted by atomic mass is 32.2. The van der Waals surface area contributed by atoms with E-state index in [1.165, 1.54) is 16.7 Å². The number of likely N-dealkylation sites (N-methyl/N-ethyl adjacent to an activating group) is 1. The first-order valence-corrected chi connectivity index (χ1v) is 10.6. The van der Waals surface area contributed by atoms with Gasteiger partial charge in [-0.05, 0) is 12.8 Å². The van der Waals surface area contributed by atoms with Gasteiger partial charge in [0, 0.05) is 29.4 Å². The molecule has 0 atom stereocenters. The van der Waals surface area contributed by atoms with Crippen molar-refractivity contribution < 1.29 is 9.59 Å². The molecule has 0 saturated heterocycles. The molecule has 148 valence electrons. The minimum Gasteiger partial charge on any atom is -0.352 e. The van der Waals surface area contributed by atoms with Crippen LogP contribution in [0.1, 0.15) is 12.8 Å². The van der Waals surface area contributed by atoms with Gasteiger partial charge in [-0.3, -0.25) is 9.59 Å². The lowest BCUT2D eigenvalue weighted by Crippen LogP contribution is -2.39. The van der Waals surface area contributed by atoms with Crippen LogP contribution in [0.2, 0.25) is 0 Å². The maximum atomic E-state index is 12.5. The predicted octanol–water partition coefficient (Wildman–Crippen LogP) is 3.13. The first-order chi connectivity index (χ1) is 14.1. The van der Waals surface area contributed by atoms with E-state index in [9.17, 15) is 9.59 Å². The van der Waals surface area contributed by atoms with Gasteiger partial charge in [-0.1, -0.05) is 66.4 Å². The predicted molar refractivity (Wildman–Crippen MR) is 114 cm³/mol. The summed E-state index contributed by atoms with van der Waals surface area (Å²) in [5.74, 6) is -0.0129. The summed E-state index contributed by atoms with van der Waals surface area (Å²) in [5.41, 5.74) is 1.83. The highest BCUT2D eigenvalue weighted by Gasteiger charge is 2.24. The van der Waals surface area contributed by atoms with E-state index in [2.05, 4.69) is 15.5 Å². The minimum atomic E-state index is -0.112. The lowest BCUT2D eigenvalue weighted by molar-refractivity contribution is -0.132. The Balaban J connectivity index is 1.47. The average molecular weight is 407 g/mol. The molecular formula is C22H22N4O2S. The molecule has 1 N–H and O–H groups in total. The van der Waals surface area contributed by atoms with Crippen molar-refractivity contribution in [2.24, 2.45) is 0 Å². The fraction of sp³-hybridized carbons (Fsp3) is 0.273. The van der Waals surface area contributed by atoms with E-state index in [4.69, 9.17) is 0 Å². The van der Waals surface area contributed by atoms with Crippen LogP contribution in [0.5, 0.6) is 0 Å². The van der Waals surface area contributed by atoms with Gasteiger partial charge in [0.15, 0.2) is 0 Å². The molecule has 1 heterocycles. The third-order valence-electron chi connectivity index (χ3n) is 4.78. The molecule has 1 fully saturated rings. The zero-order valence-electron chi connectivity index (χ0n) is 16.2. The van der Waals surface area contributed by atoms with Gasteiger partial charge in [0.25, 0.3) is 0 Å². The molecule has 1 saturated carbocycles. The highest BCUT2D eigenvalue weighted by Crippen LogP contribution is 2.31. The molecule has 0 bridgehead atoms. The number of nitrogens with one attached hydrogen (secondary N) is 1. The van der Waals surface area contributed by atoms with Crippen molar-refractivity contribution in [1.29, 1.82) is 0 Å². The van der Waals surface area contributed by atoms with Crippen LogP contribution in [0.25, 0.3) is 22.0 Å². The first kappa shape index (κ1) is 19.4. The number of amides is 2. The fourth-order valence-corrected chi connectivity index (χ4v) is 3.95. The van der Waals surface area contributed by atoms with Gasteiger partial charge >= 0.3 is 0 Å². The molecule has 4 rings (SSSR count). The van der Waals surface area contributed by atoms with Crippen LogP contribution in [-0.2, 0) is 9.59 Å². The topological polar surface area (TPSA) is 75.2 Å². The van der Waals surface area contributed by atoms with Crippen molar-refractivity contribution in [2.45, 2.75) is 23.9 Å². The standard InChI is InChI=1S/C22H22N4O2S/c1-26(13-19(27)23-16-11-12-16)20(28)14-29-22-18-10-6-5-9-17(18)21(24-25-22)15-7-3-2-4-8-15/h2-10,16H,11-14H2,1H3,(H,23,27). The van der Waals surface area contributed by atoms with Crippen molar-refractivity contribution in [1.82, 2.24) is 20.4 Å². The SMILES string of the molecule is CN(CC(=O)NC1CC1)C(=O)CSc1nnc(-c2ccccc2)c2ccccc12. The number of hydrogen-bond donors (Lipinski definition) is 1. The van der Waals surface area contributed by atoms with Crippen molar-refractivity contribution in [2.75, 3.05) is 19.3 Å². The normalized spacial score (nSPS) is 13.3. The minimum absolute atomic E-state index is 0.0786. The zero-order valence-corrected chi connectivity index (χ0v) is 17.0. The molecular weight excluding hydrogens is 384 g/mol. The highest BCUT2D eigenvalue weighted by molar-refractivity contribution is 8.00. The Morgan fingerprint density at radius 3 is 2.45 bits per heavy atom. The van der Waals surface area contributed by atoms with Gasteiger partial charge in [-0.2, -0.15) is 0 Å². The third kappa shape index (κ3) is 4.74. The first-order valence-electron chi connectivity index (χ1n) is 9.59. The van der Waals surface area contributed by atoms with Crippen LogP contribution in [0, 0.1) is 0 Å². The summed E-state index contributed by atoms with van der Waals surface area (Å²) in [4.78, 5) is 25.8. The molecule has 1 aliphatic carbocycles. The molecule has 0 spiro atoms. The zero-order chi connectivity index (χ0) is 20.2. The smallest absolute Gasteiger partial charge is 0.239 e. The van der Waals surface area contributed by atoms with Gasteiger partial charge < -0.3 is 10.2 Å².